The number of nitrogens with one attached hydrogen (secondary N) is 1. The maximum absolute atomic E-state index is 12.1. The molecule has 1 aromatic carbocycles. The summed E-state index contributed by atoms with van der Waals surface area (Å²) in [5.74, 6) is -0.0665. The number of aliphatic hydroxyl groups excluding tert-OH is 2. The lowest BCUT2D eigenvalue weighted by atomic mass is 9.89. The fourth-order valence-electron chi connectivity index (χ4n) is 3.54. The van der Waals surface area contributed by atoms with Crippen LogP contribution in [0.1, 0.15) is 26.3 Å². The number of amides is 1. The third kappa shape index (κ3) is 3.99. The van der Waals surface area contributed by atoms with E-state index in [-0.39, 0.29) is 17.2 Å². The summed E-state index contributed by atoms with van der Waals surface area (Å²) in [7, 11) is 1.43. The van der Waals surface area contributed by atoms with Crippen LogP contribution in [-0.4, -0.2) is 53.4 Å². The molecule has 2 aromatic rings. The molecule has 3 rings (SSSR count). The summed E-state index contributed by atoms with van der Waals surface area (Å²) in [6.07, 6.45) is -4.46. The Morgan fingerprint density at radius 2 is 1.93 bits per heavy atom. The Labute approximate surface area is 167 Å². The monoisotopic (exact) mass is 407 g/mol. The van der Waals surface area contributed by atoms with E-state index in [1.54, 1.807) is 32.9 Å². The first-order chi connectivity index (χ1) is 13.5. The number of carbonyl (C=O) groups excluding carboxylic acids is 1. The number of methoxy groups -OCH3 is 1. The largest absolute Gasteiger partial charge is 0.462 e. The molecule has 1 aromatic heterocycles. The zero-order chi connectivity index (χ0) is 21.5. The number of hydrogen-bond acceptors (Lipinski definition) is 8. The molecular formula is C20H25NO8. The summed E-state index contributed by atoms with van der Waals surface area (Å²) in [4.78, 5) is 23.4. The number of carbonyl (C=O) groups is 1. The number of anilines is 1. The molecule has 1 amide bonds. The van der Waals surface area contributed by atoms with Crippen molar-refractivity contribution in [1.29, 1.82) is 0 Å². The predicted molar refractivity (Wildman–Crippen MR) is 104 cm³/mol. The first kappa shape index (κ1) is 21.3. The van der Waals surface area contributed by atoms with Crippen molar-refractivity contribution >= 4 is 22.6 Å². The average molecular weight is 407 g/mol. The molecule has 3 N–H and O–H groups in total. The van der Waals surface area contributed by atoms with Crippen molar-refractivity contribution in [3.63, 3.8) is 0 Å². The van der Waals surface area contributed by atoms with Crippen molar-refractivity contribution in [2.75, 3.05) is 12.4 Å². The maximum Gasteiger partial charge on any atom is 0.360 e. The van der Waals surface area contributed by atoms with Gasteiger partial charge in [-0.2, -0.15) is 0 Å². The number of benzene rings is 1. The van der Waals surface area contributed by atoms with Gasteiger partial charge in [0, 0.05) is 25.0 Å². The summed E-state index contributed by atoms with van der Waals surface area (Å²) >= 11 is 0. The number of rotatable bonds is 4. The van der Waals surface area contributed by atoms with Crippen LogP contribution >= 0.6 is 0 Å². The van der Waals surface area contributed by atoms with Gasteiger partial charge in [-0.1, -0.05) is 0 Å². The van der Waals surface area contributed by atoms with Gasteiger partial charge < -0.3 is 34.2 Å². The van der Waals surface area contributed by atoms with Crippen LogP contribution in [0.5, 0.6) is 5.75 Å². The molecular weight excluding hydrogens is 382 g/mol. The molecule has 1 fully saturated rings. The van der Waals surface area contributed by atoms with Crippen molar-refractivity contribution in [1.82, 2.24) is 0 Å². The van der Waals surface area contributed by atoms with E-state index in [9.17, 15) is 19.8 Å². The summed E-state index contributed by atoms with van der Waals surface area (Å²) in [5, 5.41) is 23.8. The Hall–Kier alpha value is -2.46. The molecule has 1 aliphatic rings. The molecule has 1 aliphatic heterocycles. The van der Waals surface area contributed by atoms with Crippen molar-refractivity contribution in [2.24, 2.45) is 0 Å². The number of fused-ring (bicyclic) bond motifs is 1. The summed E-state index contributed by atoms with van der Waals surface area (Å²) < 4.78 is 22.2. The van der Waals surface area contributed by atoms with E-state index in [1.807, 2.05) is 0 Å². The normalized spacial score (nSPS) is 26.3. The van der Waals surface area contributed by atoms with Gasteiger partial charge in [-0.25, -0.2) is 4.79 Å². The minimum atomic E-state index is -1.35. The van der Waals surface area contributed by atoms with Gasteiger partial charge >= 0.3 is 5.63 Å². The zero-order valence-corrected chi connectivity index (χ0v) is 16.9. The zero-order valence-electron chi connectivity index (χ0n) is 16.9. The molecule has 0 saturated carbocycles. The fraction of sp³-hybridized carbons (Fsp3) is 0.500. The number of ether oxygens (including phenoxy) is 3. The van der Waals surface area contributed by atoms with Crippen LogP contribution in [-0.2, 0) is 14.3 Å². The Morgan fingerprint density at radius 1 is 1.24 bits per heavy atom. The van der Waals surface area contributed by atoms with E-state index in [2.05, 4.69) is 5.32 Å². The lowest BCUT2D eigenvalue weighted by molar-refractivity contribution is -0.306. The van der Waals surface area contributed by atoms with E-state index in [4.69, 9.17) is 18.6 Å². The number of aliphatic hydroxyl groups is 2. The second-order valence-electron chi connectivity index (χ2n) is 7.58. The van der Waals surface area contributed by atoms with Crippen molar-refractivity contribution in [3.8, 4) is 5.75 Å². The van der Waals surface area contributed by atoms with Crippen LogP contribution in [0.2, 0.25) is 0 Å². The van der Waals surface area contributed by atoms with Crippen molar-refractivity contribution in [3.05, 3.63) is 34.2 Å². The van der Waals surface area contributed by atoms with E-state index in [0.717, 1.165) is 0 Å². The van der Waals surface area contributed by atoms with Crippen LogP contribution in [0, 0.1) is 6.92 Å². The van der Waals surface area contributed by atoms with Gasteiger partial charge in [0.15, 0.2) is 0 Å². The molecule has 1 unspecified atom stereocenters. The molecule has 158 valence electrons. The molecule has 29 heavy (non-hydrogen) atoms. The lowest BCUT2D eigenvalue weighted by Gasteiger charge is -2.46. The summed E-state index contributed by atoms with van der Waals surface area (Å²) in [5.41, 5.74) is -0.781. The third-order valence-corrected chi connectivity index (χ3v) is 4.95. The number of hydrogen-bond donors (Lipinski definition) is 3. The van der Waals surface area contributed by atoms with Crippen LogP contribution in [0.4, 0.5) is 5.69 Å². The maximum atomic E-state index is 12.1. The molecule has 9 nitrogen and oxygen atoms in total. The second kappa shape index (κ2) is 7.75. The highest BCUT2D eigenvalue weighted by Gasteiger charge is 2.50. The highest BCUT2D eigenvalue weighted by molar-refractivity contribution is 5.91. The minimum Gasteiger partial charge on any atom is -0.462 e. The highest BCUT2D eigenvalue weighted by Crippen LogP contribution is 2.34. The molecule has 2 heterocycles. The van der Waals surface area contributed by atoms with Gasteiger partial charge in [-0.15, -0.1) is 0 Å². The lowest BCUT2D eigenvalue weighted by Crippen LogP contribution is -2.63. The molecule has 1 saturated heterocycles. The Morgan fingerprint density at radius 3 is 2.55 bits per heavy atom. The van der Waals surface area contributed by atoms with Crippen LogP contribution in [0.3, 0.4) is 0 Å². The fourth-order valence-corrected chi connectivity index (χ4v) is 3.54. The highest BCUT2D eigenvalue weighted by atomic mass is 16.7. The van der Waals surface area contributed by atoms with Crippen molar-refractivity contribution in [2.45, 2.75) is 57.9 Å². The second-order valence-corrected chi connectivity index (χ2v) is 7.58. The molecule has 0 radical (unpaired) electrons. The Kier molecular flexibility index (Phi) is 5.68. The molecule has 0 bridgehead atoms. The predicted octanol–water partition coefficient (Wildman–Crippen LogP) is 1.31. The van der Waals surface area contributed by atoms with Crippen LogP contribution in [0.15, 0.2) is 27.4 Å². The van der Waals surface area contributed by atoms with Gasteiger partial charge in [-0.05, 0) is 39.0 Å². The van der Waals surface area contributed by atoms with E-state index in [1.165, 1.54) is 20.1 Å². The van der Waals surface area contributed by atoms with Gasteiger partial charge in [0.25, 0.3) is 0 Å². The summed E-state index contributed by atoms with van der Waals surface area (Å²) in [6.45, 7) is 6.43. The van der Waals surface area contributed by atoms with E-state index >= 15 is 0 Å². The standard InChI is InChI=1S/C20H25NO8/c1-9-13(27-19-15(24)14(23)17(26-5)20(3,4)29-19)7-6-11-8-12(21-10(2)22)18(25)28-16(9)11/h6-8,14-15,17,19,23-24H,1-5H3,(H,21,22)/t14-,15-,17?,19+/m0/s1. The van der Waals surface area contributed by atoms with E-state index < -0.39 is 35.8 Å². The molecule has 4 atom stereocenters. The van der Waals surface area contributed by atoms with Crippen LogP contribution < -0.4 is 15.7 Å². The summed E-state index contributed by atoms with van der Waals surface area (Å²) in [6, 6.07) is 4.80. The third-order valence-electron chi connectivity index (χ3n) is 4.95. The quantitative estimate of drug-likeness (QED) is 0.648. The number of aryl methyl sites for hydroxylation is 1. The van der Waals surface area contributed by atoms with Gasteiger partial charge in [0.1, 0.15) is 35.3 Å². The first-order valence-electron chi connectivity index (χ1n) is 9.13. The smallest absolute Gasteiger partial charge is 0.360 e. The molecule has 9 heteroatoms. The van der Waals surface area contributed by atoms with Gasteiger partial charge in [0.2, 0.25) is 12.2 Å². The van der Waals surface area contributed by atoms with Crippen LogP contribution in [0.25, 0.3) is 11.0 Å². The van der Waals surface area contributed by atoms with Gasteiger partial charge in [0.05, 0.1) is 5.60 Å². The van der Waals surface area contributed by atoms with Crippen molar-refractivity contribution < 1.29 is 33.6 Å². The average Bonchev–Trinajstić information content (AvgIpc) is 2.63. The minimum absolute atomic E-state index is 0.0413. The molecule has 0 spiro atoms. The first-order valence-corrected chi connectivity index (χ1v) is 9.13. The van der Waals surface area contributed by atoms with Gasteiger partial charge in [-0.3, -0.25) is 4.79 Å². The SMILES string of the molecule is COC1[C@@H](O)[C@H](O)[C@H](Oc2ccc3cc(NC(C)=O)c(=O)oc3c2C)OC1(C)C. The Bertz CT molecular complexity index is 982. The molecule has 0 aliphatic carbocycles. The topological polar surface area (TPSA) is 127 Å². The van der Waals surface area contributed by atoms with E-state index in [0.29, 0.717) is 16.7 Å². The Balaban J connectivity index is 1.93.